The van der Waals surface area contributed by atoms with Gasteiger partial charge >= 0.3 is 0 Å². The van der Waals surface area contributed by atoms with Gasteiger partial charge in [0, 0.05) is 6.07 Å². The molecule has 0 bridgehead atoms. The van der Waals surface area contributed by atoms with E-state index < -0.39 is 0 Å². The first-order valence-electron chi connectivity index (χ1n) is 6.91. The number of aryl methyl sites for hydroxylation is 1. The standard InChI is InChI=1S/C15H14ClN5O2/c1-10-13(9-23-15-7-6-14(16)18-19-15)21(20-17-10)12-4-2-11(8-22)3-5-12/h2-7,22H,8-9H2,1H3. The number of aliphatic hydroxyl groups is 1. The van der Waals surface area contributed by atoms with Crippen LogP contribution in [0.3, 0.4) is 0 Å². The van der Waals surface area contributed by atoms with Gasteiger partial charge in [-0.3, -0.25) is 0 Å². The van der Waals surface area contributed by atoms with E-state index in [9.17, 15) is 0 Å². The summed E-state index contributed by atoms with van der Waals surface area (Å²) in [4.78, 5) is 0. The summed E-state index contributed by atoms with van der Waals surface area (Å²) in [5.41, 5.74) is 3.24. The van der Waals surface area contributed by atoms with E-state index in [0.29, 0.717) is 11.0 Å². The first-order valence-corrected chi connectivity index (χ1v) is 7.28. The van der Waals surface area contributed by atoms with Gasteiger partial charge in [0.25, 0.3) is 0 Å². The predicted octanol–water partition coefficient (Wildman–Crippen LogP) is 2.09. The van der Waals surface area contributed by atoms with Crippen molar-refractivity contribution in [3.8, 4) is 11.6 Å². The van der Waals surface area contributed by atoms with Crippen LogP contribution in [-0.4, -0.2) is 30.3 Å². The maximum atomic E-state index is 9.11. The van der Waals surface area contributed by atoms with E-state index in [-0.39, 0.29) is 13.2 Å². The summed E-state index contributed by atoms with van der Waals surface area (Å²) in [5, 5.41) is 25.2. The molecule has 0 saturated carbocycles. The van der Waals surface area contributed by atoms with Gasteiger partial charge in [-0.25, -0.2) is 4.68 Å². The maximum Gasteiger partial charge on any atom is 0.233 e. The third kappa shape index (κ3) is 3.46. The smallest absolute Gasteiger partial charge is 0.233 e. The highest BCUT2D eigenvalue weighted by atomic mass is 35.5. The highest BCUT2D eigenvalue weighted by Gasteiger charge is 2.12. The number of hydrogen-bond acceptors (Lipinski definition) is 6. The molecule has 2 heterocycles. The summed E-state index contributed by atoms with van der Waals surface area (Å²) in [7, 11) is 0. The van der Waals surface area contributed by atoms with Crippen LogP contribution in [0.1, 0.15) is 17.0 Å². The van der Waals surface area contributed by atoms with Crippen LogP contribution in [0.2, 0.25) is 5.15 Å². The van der Waals surface area contributed by atoms with Crippen LogP contribution in [0.4, 0.5) is 0 Å². The van der Waals surface area contributed by atoms with Gasteiger partial charge in [-0.2, -0.15) is 0 Å². The van der Waals surface area contributed by atoms with Gasteiger partial charge in [0.1, 0.15) is 12.3 Å². The Morgan fingerprint density at radius 1 is 1.09 bits per heavy atom. The fourth-order valence-corrected chi connectivity index (χ4v) is 2.12. The van der Waals surface area contributed by atoms with Crippen molar-refractivity contribution in [1.29, 1.82) is 0 Å². The van der Waals surface area contributed by atoms with Crippen LogP contribution in [-0.2, 0) is 13.2 Å². The van der Waals surface area contributed by atoms with Crippen molar-refractivity contribution >= 4 is 11.6 Å². The number of ether oxygens (including phenoxy) is 1. The molecule has 0 radical (unpaired) electrons. The van der Waals surface area contributed by atoms with Crippen LogP contribution in [0.5, 0.6) is 5.88 Å². The first-order chi connectivity index (χ1) is 11.2. The molecule has 1 N–H and O–H groups in total. The molecule has 0 fully saturated rings. The van der Waals surface area contributed by atoms with Crippen molar-refractivity contribution in [3.63, 3.8) is 0 Å². The number of rotatable bonds is 5. The zero-order chi connectivity index (χ0) is 16.2. The summed E-state index contributed by atoms with van der Waals surface area (Å²) < 4.78 is 7.31. The average molecular weight is 332 g/mol. The molecule has 0 aliphatic heterocycles. The lowest BCUT2D eigenvalue weighted by molar-refractivity contribution is 0.281. The van der Waals surface area contributed by atoms with E-state index in [0.717, 1.165) is 22.6 Å². The highest BCUT2D eigenvalue weighted by molar-refractivity contribution is 6.29. The summed E-state index contributed by atoms with van der Waals surface area (Å²) in [5.74, 6) is 0.372. The van der Waals surface area contributed by atoms with Gasteiger partial charge in [-0.15, -0.1) is 15.3 Å². The van der Waals surface area contributed by atoms with Crippen molar-refractivity contribution in [2.24, 2.45) is 0 Å². The molecule has 0 aliphatic rings. The maximum absolute atomic E-state index is 9.11. The summed E-state index contributed by atoms with van der Waals surface area (Å²) in [6, 6.07) is 10.7. The lowest BCUT2D eigenvalue weighted by Crippen LogP contribution is -2.07. The molecule has 3 aromatic rings. The topological polar surface area (TPSA) is 86.0 Å². The Hall–Kier alpha value is -2.51. The Balaban J connectivity index is 1.81. The van der Waals surface area contributed by atoms with Gasteiger partial charge in [0.2, 0.25) is 5.88 Å². The van der Waals surface area contributed by atoms with Crippen molar-refractivity contribution in [2.45, 2.75) is 20.1 Å². The van der Waals surface area contributed by atoms with Crippen LogP contribution < -0.4 is 4.74 Å². The lowest BCUT2D eigenvalue weighted by atomic mass is 10.2. The average Bonchev–Trinajstić information content (AvgIpc) is 2.95. The molecule has 23 heavy (non-hydrogen) atoms. The predicted molar refractivity (Wildman–Crippen MR) is 83.4 cm³/mol. The second-order valence-electron chi connectivity index (χ2n) is 4.84. The molecule has 2 aromatic heterocycles. The van der Waals surface area contributed by atoms with Crippen molar-refractivity contribution < 1.29 is 9.84 Å². The van der Waals surface area contributed by atoms with Crippen LogP contribution in [0.15, 0.2) is 36.4 Å². The van der Waals surface area contributed by atoms with Gasteiger partial charge in [-0.1, -0.05) is 28.9 Å². The molecule has 1 aromatic carbocycles. The summed E-state index contributed by atoms with van der Waals surface area (Å²) in [6.07, 6.45) is 0. The number of nitrogens with zero attached hydrogens (tertiary/aromatic N) is 5. The van der Waals surface area contributed by atoms with E-state index in [2.05, 4.69) is 20.5 Å². The monoisotopic (exact) mass is 331 g/mol. The summed E-state index contributed by atoms with van der Waals surface area (Å²) in [6.45, 7) is 2.11. The van der Waals surface area contributed by atoms with Crippen molar-refractivity contribution in [2.75, 3.05) is 0 Å². The number of hydrogen-bond donors (Lipinski definition) is 1. The lowest BCUT2D eigenvalue weighted by Gasteiger charge is -2.09. The molecule has 0 unspecified atom stereocenters. The highest BCUT2D eigenvalue weighted by Crippen LogP contribution is 2.16. The fourth-order valence-electron chi connectivity index (χ4n) is 2.02. The molecule has 0 aliphatic carbocycles. The second-order valence-corrected chi connectivity index (χ2v) is 5.23. The van der Waals surface area contributed by atoms with Crippen LogP contribution in [0.25, 0.3) is 5.69 Å². The SMILES string of the molecule is Cc1nnn(-c2ccc(CO)cc2)c1COc1ccc(Cl)nn1. The van der Waals surface area contributed by atoms with E-state index in [1.807, 2.05) is 31.2 Å². The molecule has 0 saturated heterocycles. The normalized spacial score (nSPS) is 10.7. The zero-order valence-corrected chi connectivity index (χ0v) is 13.1. The molecule has 3 rings (SSSR count). The van der Waals surface area contributed by atoms with Crippen molar-refractivity contribution in [1.82, 2.24) is 25.2 Å². The Labute approximate surface area is 137 Å². The van der Waals surface area contributed by atoms with Crippen molar-refractivity contribution in [3.05, 3.63) is 58.5 Å². The minimum atomic E-state index is 0.00185. The third-order valence-electron chi connectivity index (χ3n) is 3.29. The largest absolute Gasteiger partial charge is 0.470 e. The Morgan fingerprint density at radius 3 is 2.52 bits per heavy atom. The summed E-state index contributed by atoms with van der Waals surface area (Å²) >= 11 is 5.70. The second kappa shape index (κ2) is 6.72. The number of aromatic nitrogens is 5. The molecular formula is C15H14ClN5O2. The van der Waals surface area contributed by atoms with E-state index in [1.165, 1.54) is 0 Å². The number of halogens is 1. The third-order valence-corrected chi connectivity index (χ3v) is 3.49. The van der Waals surface area contributed by atoms with E-state index in [1.54, 1.807) is 16.8 Å². The zero-order valence-electron chi connectivity index (χ0n) is 12.3. The Kier molecular flexibility index (Phi) is 4.50. The van der Waals surface area contributed by atoms with E-state index >= 15 is 0 Å². The molecule has 0 spiro atoms. The molecule has 118 valence electrons. The Morgan fingerprint density at radius 2 is 1.87 bits per heavy atom. The van der Waals surface area contributed by atoms with Crippen LogP contribution >= 0.6 is 11.6 Å². The molecule has 7 nitrogen and oxygen atoms in total. The Bertz CT molecular complexity index is 787. The van der Waals surface area contributed by atoms with Gasteiger partial charge in [0.05, 0.1) is 18.0 Å². The quantitative estimate of drug-likeness (QED) is 0.770. The van der Waals surface area contributed by atoms with Crippen LogP contribution in [0, 0.1) is 6.92 Å². The molecule has 0 atom stereocenters. The van der Waals surface area contributed by atoms with Gasteiger partial charge < -0.3 is 9.84 Å². The van der Waals surface area contributed by atoms with Gasteiger partial charge in [0.15, 0.2) is 5.15 Å². The molecule has 0 amide bonds. The molecular weight excluding hydrogens is 318 g/mol. The fraction of sp³-hybridized carbons (Fsp3) is 0.200. The van der Waals surface area contributed by atoms with E-state index in [4.69, 9.17) is 21.4 Å². The first kappa shape index (κ1) is 15.4. The minimum Gasteiger partial charge on any atom is -0.470 e. The minimum absolute atomic E-state index is 0.00185. The molecule has 8 heteroatoms. The van der Waals surface area contributed by atoms with Gasteiger partial charge in [-0.05, 0) is 30.7 Å². The number of benzene rings is 1. The number of aliphatic hydroxyl groups excluding tert-OH is 1.